The molecule has 0 amide bonds. The van der Waals surface area contributed by atoms with Gasteiger partial charge in [-0.05, 0) is 60.7 Å². The van der Waals surface area contributed by atoms with Gasteiger partial charge in [0.1, 0.15) is 34.6 Å². The molecule has 4 rings (SSSR count). The van der Waals surface area contributed by atoms with Crippen molar-refractivity contribution >= 4 is 73.7 Å². The molecule has 0 atom stereocenters. The Morgan fingerprint density at radius 2 is 1.10 bits per heavy atom. The molecule has 0 heterocycles. The van der Waals surface area contributed by atoms with Crippen molar-refractivity contribution in [3.05, 3.63) is 94.5 Å². The first-order chi connectivity index (χ1) is 19.4. The largest absolute Gasteiger partial charge is 0.507 e. The zero-order chi connectivity index (χ0) is 31.1. The first-order valence-corrected chi connectivity index (χ1v) is 14.8. The van der Waals surface area contributed by atoms with E-state index < -0.39 is 11.6 Å². The smallest absolute Gasteiger partial charge is 0.369 e. The number of hydrogen-bond donors (Lipinski definition) is 2. The predicted molar refractivity (Wildman–Crippen MR) is 183 cm³/mol. The van der Waals surface area contributed by atoms with Gasteiger partial charge in [0.15, 0.2) is 0 Å². The molecule has 12 heteroatoms. The number of methoxy groups -OCH3 is 2. The molecule has 0 unspecified atom stereocenters. The third-order valence-electron chi connectivity index (χ3n) is 4.85. The molecule has 0 radical (unpaired) electrons. The van der Waals surface area contributed by atoms with Crippen LogP contribution in [0.15, 0.2) is 72.8 Å². The van der Waals surface area contributed by atoms with E-state index in [0.29, 0.717) is 34.5 Å². The normalized spacial score (nSPS) is 9.66. The molecule has 4 nitrogen and oxygen atoms in total. The summed E-state index contributed by atoms with van der Waals surface area (Å²) < 4.78 is 44.5. The fraction of sp³-hybridized carbons (Fsp3) is 0.172. The standard InChI is InChI=1S/C14H12ClFO2.C12H8ClFO2.C2H6.CH4.BBr3.H2/c1-17-12-4-3-5-13(18-2)14(12)10-7-6-9(15)8-11(10)16;13-7-4-5-8(9(14)6-7)12-10(15)2-1-3-11(12)16;1-2;;2-1(3)4;/h3-8H,1-2H3;1-6,15-16H;1-2H3;1H4;;1H/i;;1D;;;1+1. The van der Waals surface area contributed by atoms with Crippen molar-refractivity contribution in [2.75, 3.05) is 14.2 Å². The minimum atomic E-state index is -0.593. The first-order valence-electron chi connectivity index (χ1n) is 12.0. The van der Waals surface area contributed by atoms with E-state index in [1.165, 1.54) is 50.6 Å². The molecule has 0 bridgehead atoms. The van der Waals surface area contributed by atoms with E-state index in [-0.39, 0.29) is 39.7 Å². The Morgan fingerprint density at radius 3 is 1.44 bits per heavy atom. The van der Waals surface area contributed by atoms with Gasteiger partial charge in [-0.15, -0.1) is 47.3 Å². The average Bonchev–Trinajstić information content (AvgIpc) is 2.90. The Hall–Kier alpha value is -1.98. The van der Waals surface area contributed by atoms with Crippen LogP contribution in [0.1, 0.15) is 24.0 Å². The maximum atomic E-state index is 14.0. The van der Waals surface area contributed by atoms with Gasteiger partial charge in [0.25, 0.3) is 0 Å². The zero-order valence-corrected chi connectivity index (χ0v) is 27.8. The highest BCUT2D eigenvalue weighted by molar-refractivity contribution is 9.69. The molecule has 0 spiro atoms. The summed E-state index contributed by atoms with van der Waals surface area (Å²) in [6, 6.07) is 18.1. The molecule has 0 fully saturated rings. The molecule has 0 saturated heterocycles. The number of aromatic hydroxyl groups is 2. The number of phenolic OH excluding ortho intramolecular Hbond substituents is 2. The van der Waals surface area contributed by atoms with Crippen LogP contribution in [0.25, 0.3) is 22.3 Å². The quantitative estimate of drug-likeness (QED) is 0.202. The van der Waals surface area contributed by atoms with E-state index in [4.69, 9.17) is 34.0 Å². The highest BCUT2D eigenvalue weighted by Gasteiger charge is 2.16. The van der Waals surface area contributed by atoms with Crippen LogP contribution in [0.5, 0.6) is 23.0 Å². The van der Waals surface area contributed by atoms with Crippen molar-refractivity contribution in [3.8, 4) is 45.3 Å². The molecule has 4 aromatic rings. The van der Waals surface area contributed by atoms with Gasteiger partial charge in [0.2, 0.25) is 0 Å². The minimum Gasteiger partial charge on any atom is -0.507 e. The average molecular weight is 806 g/mol. The molecule has 2 N–H and O–H groups in total. The van der Waals surface area contributed by atoms with Gasteiger partial charge < -0.3 is 19.7 Å². The summed E-state index contributed by atoms with van der Waals surface area (Å²) in [5.41, 5.74) is 1.15. The third kappa shape index (κ3) is 12.0. The molecule has 0 aliphatic carbocycles. The first kappa shape index (κ1) is 37.1. The molecular formula is C29H32BBr3Cl2F2O4. The fourth-order valence-electron chi connectivity index (χ4n) is 3.31. The van der Waals surface area contributed by atoms with Gasteiger partial charge in [0.05, 0.1) is 25.3 Å². The van der Waals surface area contributed by atoms with Gasteiger partial charge in [-0.3, -0.25) is 0 Å². The van der Waals surface area contributed by atoms with E-state index in [1.807, 2.05) is 0 Å². The van der Waals surface area contributed by atoms with Crippen molar-refractivity contribution in [2.45, 2.75) is 21.3 Å². The van der Waals surface area contributed by atoms with Crippen LogP contribution in [0.2, 0.25) is 10.0 Å². The van der Waals surface area contributed by atoms with Crippen LogP contribution < -0.4 is 9.47 Å². The number of rotatable bonds is 4. The number of benzene rings is 4. The van der Waals surface area contributed by atoms with Crippen LogP contribution >= 0.6 is 70.5 Å². The molecule has 0 aromatic heterocycles. The third-order valence-corrected chi connectivity index (χ3v) is 5.32. The van der Waals surface area contributed by atoms with E-state index in [0.717, 1.165) is 6.07 Å². The lowest BCUT2D eigenvalue weighted by atomic mass is 10.0. The Balaban J connectivity index is 0. The summed E-state index contributed by atoms with van der Waals surface area (Å²) in [5.74, 6) is -0.261. The second kappa shape index (κ2) is 20.0. The lowest BCUT2D eigenvalue weighted by Crippen LogP contribution is -1.94. The Morgan fingerprint density at radius 1 is 0.756 bits per heavy atom. The SMILES string of the molecule is BrB(Br)Br.C.COc1cccc(OC)c1-c1ccc(Cl)cc1F.Oc1cccc(O)c1-c1ccc(Cl)cc1F.[2HH].[2H]CC. The van der Waals surface area contributed by atoms with Crippen LogP contribution in [0.4, 0.5) is 8.78 Å². The number of hydrogen-bond acceptors (Lipinski definition) is 4. The van der Waals surface area contributed by atoms with Crippen LogP contribution in [-0.2, 0) is 0 Å². The predicted octanol–water partition coefficient (Wildman–Crippen LogP) is 11.8. The van der Waals surface area contributed by atoms with Gasteiger partial charge in [0, 0.05) is 24.0 Å². The minimum absolute atomic E-state index is 0. The van der Waals surface area contributed by atoms with Crippen molar-refractivity contribution < 1.29 is 31.3 Å². The monoisotopic (exact) mass is 802 g/mol. The van der Waals surface area contributed by atoms with Crippen LogP contribution in [0.3, 0.4) is 0 Å². The molecule has 41 heavy (non-hydrogen) atoms. The maximum Gasteiger partial charge on any atom is 0.369 e. The van der Waals surface area contributed by atoms with E-state index in [9.17, 15) is 19.0 Å². The van der Waals surface area contributed by atoms with Gasteiger partial charge in [-0.1, -0.05) is 56.6 Å². The number of phenols is 2. The Kier molecular flexibility index (Phi) is 18.1. The number of halogens is 7. The van der Waals surface area contributed by atoms with Crippen LogP contribution in [0, 0.1) is 11.6 Å². The molecule has 4 aromatic carbocycles. The summed E-state index contributed by atoms with van der Waals surface area (Å²) in [6.45, 7) is 2.29. The lowest BCUT2D eigenvalue weighted by molar-refractivity contribution is 0.397. The number of ether oxygens (including phenoxy) is 2. The lowest BCUT2D eigenvalue weighted by Gasteiger charge is -2.13. The van der Waals surface area contributed by atoms with E-state index in [2.05, 4.69) is 47.3 Å². The van der Waals surface area contributed by atoms with E-state index >= 15 is 0 Å². The highest BCUT2D eigenvalue weighted by atomic mass is 79.9. The van der Waals surface area contributed by atoms with Crippen molar-refractivity contribution in [1.82, 2.24) is 0 Å². The fourth-order valence-corrected chi connectivity index (χ4v) is 3.62. The topological polar surface area (TPSA) is 58.9 Å². The van der Waals surface area contributed by atoms with Crippen molar-refractivity contribution in [1.29, 1.82) is 0 Å². The zero-order valence-electron chi connectivity index (χ0n) is 22.6. The van der Waals surface area contributed by atoms with E-state index in [1.54, 1.807) is 37.3 Å². The summed E-state index contributed by atoms with van der Waals surface area (Å²) in [6.07, 6.45) is 0. The second-order valence-electron chi connectivity index (χ2n) is 7.20. The van der Waals surface area contributed by atoms with Gasteiger partial charge in [-0.25, -0.2) is 8.78 Å². The van der Waals surface area contributed by atoms with Crippen molar-refractivity contribution in [2.24, 2.45) is 0 Å². The Bertz CT molecular complexity index is 1360. The summed E-state index contributed by atoms with van der Waals surface area (Å²) in [5, 5.41) is 19.8. The molecule has 224 valence electrons. The summed E-state index contributed by atoms with van der Waals surface area (Å²) in [4.78, 5) is 0. The molecule has 0 aliphatic rings. The highest BCUT2D eigenvalue weighted by Crippen LogP contribution is 2.40. The second-order valence-corrected chi connectivity index (χ2v) is 14.5. The summed E-state index contributed by atoms with van der Waals surface area (Å²) >= 11 is 20.7. The summed E-state index contributed by atoms with van der Waals surface area (Å²) in [7, 11) is 3.07. The van der Waals surface area contributed by atoms with Gasteiger partial charge in [-0.2, -0.15) is 0 Å². The van der Waals surface area contributed by atoms with Gasteiger partial charge >= 0.3 is 3.18 Å². The van der Waals surface area contributed by atoms with Crippen LogP contribution in [-0.4, -0.2) is 27.6 Å². The molecule has 0 saturated carbocycles. The molecule has 0 aliphatic heterocycles. The van der Waals surface area contributed by atoms with Crippen molar-refractivity contribution in [3.63, 3.8) is 0 Å². The maximum absolute atomic E-state index is 14.0. The molecular weight excluding hydrogens is 772 g/mol. The Labute approximate surface area is 278 Å².